The minimum atomic E-state index is -4.30. The molecular weight excluding hydrogens is 237 g/mol. The average Bonchev–Trinajstić information content (AvgIpc) is 2.18. The number of hydrogen-bond donors (Lipinski definition) is 2. The molecular formula is C10H11F3N2O2. The van der Waals surface area contributed by atoms with Crippen molar-refractivity contribution in [2.24, 2.45) is 5.73 Å². The van der Waals surface area contributed by atoms with Crippen molar-refractivity contribution in [2.75, 3.05) is 12.3 Å². The van der Waals surface area contributed by atoms with E-state index in [2.05, 4.69) is 0 Å². The van der Waals surface area contributed by atoms with Crippen LogP contribution in [-0.2, 0) is 0 Å². The van der Waals surface area contributed by atoms with Crippen LogP contribution in [0.5, 0.6) is 5.75 Å². The molecule has 0 saturated heterocycles. The highest BCUT2D eigenvalue weighted by Crippen LogP contribution is 2.25. The Morgan fingerprint density at radius 2 is 2.00 bits per heavy atom. The summed E-state index contributed by atoms with van der Waals surface area (Å²) in [5, 5.41) is 0. The molecule has 4 N–H and O–H groups in total. The van der Waals surface area contributed by atoms with Crippen LogP contribution in [0.3, 0.4) is 0 Å². The second-order valence-corrected chi connectivity index (χ2v) is 3.33. The normalized spacial score (nSPS) is 11.2. The predicted molar refractivity (Wildman–Crippen MR) is 55.5 cm³/mol. The number of hydrogen-bond acceptors (Lipinski definition) is 3. The number of alkyl halides is 3. The van der Waals surface area contributed by atoms with Crippen LogP contribution in [0.1, 0.15) is 16.8 Å². The van der Waals surface area contributed by atoms with Gasteiger partial charge in [-0.25, -0.2) is 0 Å². The van der Waals surface area contributed by atoms with Gasteiger partial charge in [0.25, 0.3) is 0 Å². The predicted octanol–water partition coefficient (Wildman–Crippen LogP) is 1.70. The van der Waals surface area contributed by atoms with Gasteiger partial charge in [0, 0.05) is 5.56 Å². The smallest absolute Gasteiger partial charge is 0.392 e. The van der Waals surface area contributed by atoms with Crippen LogP contribution in [0.15, 0.2) is 18.2 Å². The highest BCUT2D eigenvalue weighted by atomic mass is 19.4. The van der Waals surface area contributed by atoms with Gasteiger partial charge in [-0.05, 0) is 18.2 Å². The van der Waals surface area contributed by atoms with Crippen molar-refractivity contribution in [2.45, 2.75) is 12.6 Å². The molecule has 1 rings (SSSR count). The molecule has 0 bridgehead atoms. The van der Waals surface area contributed by atoms with E-state index in [1.54, 1.807) is 0 Å². The third-order valence-electron chi connectivity index (χ3n) is 1.94. The minimum Gasteiger partial charge on any atom is -0.491 e. The molecule has 17 heavy (non-hydrogen) atoms. The van der Waals surface area contributed by atoms with Gasteiger partial charge in [-0.1, -0.05) is 0 Å². The summed E-state index contributed by atoms with van der Waals surface area (Å²) in [6, 6.07) is 3.94. The van der Waals surface area contributed by atoms with Crippen molar-refractivity contribution in [3.05, 3.63) is 23.8 Å². The fraction of sp³-hybridized carbons (Fsp3) is 0.300. The molecule has 0 atom stereocenters. The van der Waals surface area contributed by atoms with Crippen molar-refractivity contribution in [3.63, 3.8) is 0 Å². The standard InChI is InChI=1S/C10H11F3N2O2/c11-10(12,13)3-4-17-8-5-6(9(15)16)1-2-7(8)14/h1-2,5H,3-4,14H2,(H2,15,16). The molecule has 0 aliphatic carbocycles. The van der Waals surface area contributed by atoms with Gasteiger partial charge >= 0.3 is 6.18 Å². The molecule has 0 fully saturated rings. The summed E-state index contributed by atoms with van der Waals surface area (Å²) in [4.78, 5) is 10.8. The summed E-state index contributed by atoms with van der Waals surface area (Å²) in [6.07, 6.45) is -5.39. The maximum atomic E-state index is 11.9. The Labute approximate surface area is 95.3 Å². The number of halogens is 3. The number of carbonyl (C=O) groups excluding carboxylic acids is 1. The van der Waals surface area contributed by atoms with Gasteiger partial charge < -0.3 is 16.2 Å². The number of carbonyl (C=O) groups is 1. The maximum Gasteiger partial charge on any atom is 0.392 e. The lowest BCUT2D eigenvalue weighted by atomic mass is 10.2. The molecule has 1 amide bonds. The summed E-state index contributed by atoms with van der Waals surface area (Å²) in [7, 11) is 0. The van der Waals surface area contributed by atoms with E-state index < -0.39 is 25.1 Å². The van der Waals surface area contributed by atoms with E-state index in [9.17, 15) is 18.0 Å². The summed E-state index contributed by atoms with van der Waals surface area (Å²) in [6.45, 7) is -0.560. The molecule has 7 heteroatoms. The van der Waals surface area contributed by atoms with Gasteiger partial charge in [0.05, 0.1) is 18.7 Å². The highest BCUT2D eigenvalue weighted by molar-refractivity contribution is 5.93. The van der Waals surface area contributed by atoms with Gasteiger partial charge in [0.1, 0.15) is 5.75 Å². The quantitative estimate of drug-likeness (QED) is 0.796. The highest BCUT2D eigenvalue weighted by Gasteiger charge is 2.27. The van der Waals surface area contributed by atoms with Gasteiger partial charge in [-0.15, -0.1) is 0 Å². The largest absolute Gasteiger partial charge is 0.491 e. The first-order valence-corrected chi connectivity index (χ1v) is 4.68. The van der Waals surface area contributed by atoms with Crippen molar-refractivity contribution in [3.8, 4) is 5.75 Å². The first kappa shape index (κ1) is 13.1. The van der Waals surface area contributed by atoms with Crippen LogP contribution in [0.2, 0.25) is 0 Å². The van der Waals surface area contributed by atoms with Crippen LogP contribution in [-0.4, -0.2) is 18.7 Å². The monoisotopic (exact) mass is 248 g/mol. The Morgan fingerprint density at radius 3 is 2.53 bits per heavy atom. The van der Waals surface area contributed by atoms with E-state index in [1.165, 1.54) is 18.2 Å². The van der Waals surface area contributed by atoms with Gasteiger partial charge in [0.15, 0.2) is 0 Å². The molecule has 0 aliphatic heterocycles. The van der Waals surface area contributed by atoms with Gasteiger partial charge in [-0.3, -0.25) is 4.79 Å². The van der Waals surface area contributed by atoms with Crippen LogP contribution in [0, 0.1) is 0 Å². The molecule has 0 heterocycles. The Hall–Kier alpha value is -1.92. The molecule has 94 valence electrons. The van der Waals surface area contributed by atoms with E-state index in [0.717, 1.165) is 0 Å². The minimum absolute atomic E-state index is 0.0190. The van der Waals surface area contributed by atoms with E-state index >= 15 is 0 Å². The van der Waals surface area contributed by atoms with Crippen molar-refractivity contribution in [1.29, 1.82) is 0 Å². The van der Waals surface area contributed by atoms with Crippen molar-refractivity contribution in [1.82, 2.24) is 0 Å². The number of amides is 1. The van der Waals surface area contributed by atoms with Crippen molar-refractivity contribution < 1.29 is 22.7 Å². The average molecular weight is 248 g/mol. The first-order chi connectivity index (χ1) is 7.79. The zero-order valence-electron chi connectivity index (χ0n) is 8.75. The number of benzene rings is 1. The third kappa shape index (κ3) is 4.21. The number of ether oxygens (including phenoxy) is 1. The molecule has 0 unspecified atom stereocenters. The molecule has 0 aliphatic rings. The third-order valence-corrected chi connectivity index (χ3v) is 1.94. The Morgan fingerprint density at radius 1 is 1.35 bits per heavy atom. The van der Waals surface area contributed by atoms with Crippen LogP contribution < -0.4 is 16.2 Å². The van der Waals surface area contributed by atoms with Crippen LogP contribution in [0.25, 0.3) is 0 Å². The maximum absolute atomic E-state index is 11.9. The molecule has 0 spiro atoms. The molecule has 1 aromatic rings. The van der Waals surface area contributed by atoms with E-state index in [4.69, 9.17) is 16.2 Å². The van der Waals surface area contributed by atoms with E-state index in [1.807, 2.05) is 0 Å². The summed E-state index contributed by atoms with van der Waals surface area (Å²) in [5.74, 6) is -0.684. The lowest BCUT2D eigenvalue weighted by molar-refractivity contribution is -0.139. The van der Waals surface area contributed by atoms with E-state index in [-0.39, 0.29) is 17.0 Å². The first-order valence-electron chi connectivity index (χ1n) is 4.68. The number of nitrogen functional groups attached to an aromatic ring is 1. The lowest BCUT2D eigenvalue weighted by Crippen LogP contribution is -2.14. The zero-order valence-corrected chi connectivity index (χ0v) is 8.75. The molecule has 0 saturated carbocycles. The molecule has 1 aromatic carbocycles. The van der Waals surface area contributed by atoms with Crippen LogP contribution in [0.4, 0.5) is 18.9 Å². The second kappa shape index (κ2) is 4.94. The fourth-order valence-corrected chi connectivity index (χ4v) is 1.09. The summed E-state index contributed by atoms with van der Waals surface area (Å²) in [5.41, 5.74) is 10.8. The summed E-state index contributed by atoms with van der Waals surface area (Å²) < 4.78 is 40.5. The summed E-state index contributed by atoms with van der Waals surface area (Å²) >= 11 is 0. The second-order valence-electron chi connectivity index (χ2n) is 3.33. The topological polar surface area (TPSA) is 78.3 Å². The van der Waals surface area contributed by atoms with Crippen LogP contribution >= 0.6 is 0 Å². The SMILES string of the molecule is NC(=O)c1ccc(N)c(OCCC(F)(F)F)c1. The molecule has 4 nitrogen and oxygen atoms in total. The Balaban J connectivity index is 2.70. The van der Waals surface area contributed by atoms with Gasteiger partial charge in [0.2, 0.25) is 5.91 Å². The number of nitrogens with two attached hydrogens (primary N) is 2. The Kier molecular flexibility index (Phi) is 3.82. The van der Waals surface area contributed by atoms with Gasteiger partial charge in [-0.2, -0.15) is 13.2 Å². The lowest BCUT2D eigenvalue weighted by Gasteiger charge is -2.11. The fourth-order valence-electron chi connectivity index (χ4n) is 1.09. The Bertz CT molecular complexity index is 419. The number of primary amides is 1. The number of rotatable bonds is 4. The van der Waals surface area contributed by atoms with Crippen molar-refractivity contribution >= 4 is 11.6 Å². The van der Waals surface area contributed by atoms with E-state index in [0.29, 0.717) is 0 Å². The zero-order chi connectivity index (χ0) is 13.1. The molecule has 0 radical (unpaired) electrons. The molecule has 0 aromatic heterocycles. The number of anilines is 1.